The first kappa shape index (κ1) is 19.5. The third-order valence-corrected chi connectivity index (χ3v) is 4.50. The first-order valence-corrected chi connectivity index (χ1v) is 9.30. The number of methoxy groups -OCH3 is 1. The molecule has 1 atom stereocenters. The summed E-state index contributed by atoms with van der Waals surface area (Å²) in [5.41, 5.74) is 4.22. The van der Waals surface area contributed by atoms with Gasteiger partial charge in [-0.05, 0) is 48.9 Å². The van der Waals surface area contributed by atoms with Crippen molar-refractivity contribution in [2.75, 3.05) is 12.4 Å². The highest BCUT2D eigenvalue weighted by Crippen LogP contribution is 2.21. The van der Waals surface area contributed by atoms with Crippen molar-refractivity contribution < 1.29 is 9.53 Å². The van der Waals surface area contributed by atoms with E-state index >= 15 is 0 Å². The molecule has 0 bridgehead atoms. The molecule has 2 aromatic rings. The third-order valence-electron chi connectivity index (χ3n) is 3.48. The Morgan fingerprint density at radius 2 is 1.88 bits per heavy atom. The van der Waals surface area contributed by atoms with Crippen LogP contribution in [0.4, 0.5) is 5.69 Å². The number of rotatable bonds is 7. The molecule has 2 aromatic carbocycles. The molecule has 0 radical (unpaired) electrons. The lowest BCUT2D eigenvalue weighted by atomic mass is 10.2. The van der Waals surface area contributed by atoms with Crippen LogP contribution in [0.25, 0.3) is 0 Å². The lowest BCUT2D eigenvalue weighted by Gasteiger charge is -2.16. The van der Waals surface area contributed by atoms with Crippen molar-refractivity contribution in [1.29, 1.82) is 0 Å². The number of halogens is 2. The molecule has 0 saturated heterocycles. The van der Waals surface area contributed by atoms with Crippen molar-refractivity contribution >= 4 is 49.7 Å². The van der Waals surface area contributed by atoms with E-state index in [1.165, 1.54) is 0 Å². The molecule has 0 heterocycles. The topological polar surface area (TPSA) is 62.7 Å². The van der Waals surface area contributed by atoms with Crippen molar-refractivity contribution in [1.82, 2.24) is 5.43 Å². The highest BCUT2D eigenvalue weighted by atomic mass is 79.9. The van der Waals surface area contributed by atoms with E-state index in [1.54, 1.807) is 13.3 Å². The number of hydrogen-bond acceptors (Lipinski definition) is 4. The molecule has 0 aliphatic carbocycles. The minimum atomic E-state index is -0.372. The number of ether oxygens (including phenoxy) is 1. The Hall–Kier alpha value is -1.86. The van der Waals surface area contributed by atoms with Gasteiger partial charge in [0.1, 0.15) is 11.8 Å². The number of benzene rings is 2. The van der Waals surface area contributed by atoms with Crippen LogP contribution in [-0.4, -0.2) is 25.3 Å². The molecule has 2 rings (SSSR count). The zero-order chi connectivity index (χ0) is 18.2. The van der Waals surface area contributed by atoms with Gasteiger partial charge in [-0.3, -0.25) is 4.79 Å². The van der Waals surface area contributed by atoms with Crippen LogP contribution in [0, 0.1) is 0 Å². The SMILES string of the molecule is CCC(Nc1ccc(Br)cc1)C(=O)N/N=C/c1cc(Br)ccc1OC. The van der Waals surface area contributed by atoms with Gasteiger partial charge in [0.25, 0.3) is 5.91 Å². The number of hydrogen-bond donors (Lipinski definition) is 2. The second-order valence-electron chi connectivity index (χ2n) is 5.23. The Balaban J connectivity index is 2.00. The van der Waals surface area contributed by atoms with Crippen LogP contribution in [0.3, 0.4) is 0 Å². The van der Waals surface area contributed by atoms with Gasteiger partial charge in [-0.2, -0.15) is 5.10 Å². The Bertz CT molecular complexity index is 748. The molecule has 1 unspecified atom stereocenters. The Kier molecular flexibility index (Phi) is 7.46. The molecule has 25 heavy (non-hydrogen) atoms. The van der Waals surface area contributed by atoms with Gasteiger partial charge in [0, 0.05) is 20.2 Å². The second kappa shape index (κ2) is 9.58. The molecule has 0 saturated carbocycles. The maximum absolute atomic E-state index is 12.3. The van der Waals surface area contributed by atoms with E-state index in [1.807, 2.05) is 49.4 Å². The first-order chi connectivity index (χ1) is 12.0. The van der Waals surface area contributed by atoms with Crippen molar-refractivity contribution in [2.24, 2.45) is 5.10 Å². The van der Waals surface area contributed by atoms with Gasteiger partial charge in [-0.15, -0.1) is 0 Å². The third kappa shape index (κ3) is 5.86. The van der Waals surface area contributed by atoms with Gasteiger partial charge < -0.3 is 10.1 Å². The Morgan fingerprint density at radius 1 is 1.20 bits per heavy atom. The average molecular weight is 469 g/mol. The van der Waals surface area contributed by atoms with Gasteiger partial charge >= 0.3 is 0 Å². The van der Waals surface area contributed by atoms with Crippen LogP contribution >= 0.6 is 31.9 Å². The molecule has 2 N–H and O–H groups in total. The average Bonchev–Trinajstić information content (AvgIpc) is 2.61. The normalized spacial score (nSPS) is 12.0. The summed E-state index contributed by atoms with van der Waals surface area (Å²) >= 11 is 6.80. The van der Waals surface area contributed by atoms with Gasteiger partial charge in [-0.1, -0.05) is 38.8 Å². The molecule has 5 nitrogen and oxygen atoms in total. The largest absolute Gasteiger partial charge is 0.496 e. The fourth-order valence-corrected chi connectivity index (χ4v) is 2.79. The van der Waals surface area contributed by atoms with Gasteiger partial charge in [-0.25, -0.2) is 5.43 Å². The number of amides is 1. The molecule has 0 fully saturated rings. The fourth-order valence-electron chi connectivity index (χ4n) is 2.15. The number of hydrazone groups is 1. The van der Waals surface area contributed by atoms with Crippen molar-refractivity contribution in [3.63, 3.8) is 0 Å². The molecule has 0 aromatic heterocycles. The first-order valence-electron chi connectivity index (χ1n) is 7.72. The maximum atomic E-state index is 12.3. The van der Waals surface area contributed by atoms with Gasteiger partial charge in [0.05, 0.1) is 13.3 Å². The van der Waals surface area contributed by atoms with E-state index < -0.39 is 0 Å². The summed E-state index contributed by atoms with van der Waals surface area (Å²) in [5, 5.41) is 7.24. The van der Waals surface area contributed by atoms with E-state index in [9.17, 15) is 4.79 Å². The number of nitrogens with one attached hydrogen (secondary N) is 2. The van der Waals surface area contributed by atoms with Crippen molar-refractivity contribution in [3.05, 3.63) is 57.0 Å². The molecule has 0 aliphatic heterocycles. The summed E-state index contributed by atoms with van der Waals surface area (Å²) in [6.07, 6.45) is 2.20. The Labute approximate surface area is 164 Å². The van der Waals surface area contributed by atoms with Crippen LogP contribution < -0.4 is 15.5 Å². The predicted octanol–water partition coefficient (Wildman–Crippen LogP) is 4.56. The minimum Gasteiger partial charge on any atom is -0.496 e. The molecule has 1 amide bonds. The zero-order valence-electron chi connectivity index (χ0n) is 13.9. The van der Waals surface area contributed by atoms with E-state index in [4.69, 9.17) is 4.74 Å². The number of carbonyl (C=O) groups excluding carboxylic acids is 1. The van der Waals surface area contributed by atoms with Crippen molar-refractivity contribution in [3.8, 4) is 5.75 Å². The second-order valence-corrected chi connectivity index (χ2v) is 7.06. The molecular weight excluding hydrogens is 450 g/mol. The van der Waals surface area contributed by atoms with Crippen LogP contribution in [0.2, 0.25) is 0 Å². The maximum Gasteiger partial charge on any atom is 0.262 e. The summed E-state index contributed by atoms with van der Waals surface area (Å²) < 4.78 is 7.17. The van der Waals surface area contributed by atoms with Crippen LogP contribution in [-0.2, 0) is 4.79 Å². The minimum absolute atomic E-state index is 0.198. The van der Waals surface area contributed by atoms with Crippen LogP contribution in [0.5, 0.6) is 5.75 Å². The van der Waals surface area contributed by atoms with Gasteiger partial charge in [0.2, 0.25) is 0 Å². The predicted molar refractivity (Wildman–Crippen MR) is 108 cm³/mol. The van der Waals surface area contributed by atoms with Crippen LogP contribution in [0.15, 0.2) is 56.5 Å². The molecule has 7 heteroatoms. The summed E-state index contributed by atoms with van der Waals surface area (Å²) in [5.74, 6) is 0.483. The summed E-state index contributed by atoms with van der Waals surface area (Å²) in [6, 6.07) is 12.9. The number of anilines is 1. The van der Waals surface area contributed by atoms with Crippen LogP contribution in [0.1, 0.15) is 18.9 Å². The van der Waals surface area contributed by atoms with Gasteiger partial charge in [0.15, 0.2) is 0 Å². The number of nitrogens with zero attached hydrogens (tertiary/aromatic N) is 1. The number of carbonyl (C=O) groups is 1. The lowest BCUT2D eigenvalue weighted by Crippen LogP contribution is -2.36. The molecule has 0 spiro atoms. The zero-order valence-corrected chi connectivity index (χ0v) is 17.1. The standard InChI is InChI=1S/C18H19Br2N3O2/c1-3-16(22-15-7-4-13(19)5-8-15)18(24)23-21-11-12-10-14(20)6-9-17(12)25-2/h4-11,16,22H,3H2,1-2H3,(H,23,24)/b21-11+. The highest BCUT2D eigenvalue weighted by Gasteiger charge is 2.15. The van der Waals surface area contributed by atoms with E-state index in [0.29, 0.717) is 12.2 Å². The lowest BCUT2D eigenvalue weighted by molar-refractivity contribution is -0.121. The summed E-state index contributed by atoms with van der Waals surface area (Å²) in [7, 11) is 1.59. The molecule has 132 valence electrons. The summed E-state index contributed by atoms with van der Waals surface area (Å²) in [6.45, 7) is 1.94. The smallest absolute Gasteiger partial charge is 0.262 e. The fraction of sp³-hybridized carbons (Fsp3) is 0.222. The van der Waals surface area contributed by atoms with E-state index in [-0.39, 0.29) is 11.9 Å². The Morgan fingerprint density at radius 3 is 2.52 bits per heavy atom. The van der Waals surface area contributed by atoms with E-state index in [2.05, 4.69) is 47.7 Å². The van der Waals surface area contributed by atoms with Crippen molar-refractivity contribution in [2.45, 2.75) is 19.4 Å². The summed E-state index contributed by atoms with van der Waals surface area (Å²) in [4.78, 5) is 12.3. The highest BCUT2D eigenvalue weighted by molar-refractivity contribution is 9.10. The monoisotopic (exact) mass is 467 g/mol. The molecule has 0 aliphatic rings. The quantitative estimate of drug-likeness (QED) is 0.462. The van der Waals surface area contributed by atoms with E-state index in [0.717, 1.165) is 20.2 Å². The molecular formula is C18H19Br2N3O2.